The van der Waals surface area contributed by atoms with E-state index in [0.29, 0.717) is 0 Å². The van der Waals surface area contributed by atoms with Gasteiger partial charge in [-0.25, -0.2) is 0 Å². The van der Waals surface area contributed by atoms with Crippen molar-refractivity contribution in [1.82, 2.24) is 0 Å². The van der Waals surface area contributed by atoms with E-state index in [9.17, 15) is 0 Å². The summed E-state index contributed by atoms with van der Waals surface area (Å²) < 4.78 is 0. The van der Waals surface area contributed by atoms with Crippen LogP contribution in [-0.4, -0.2) is 18.9 Å². The van der Waals surface area contributed by atoms with Crippen LogP contribution in [0.5, 0.6) is 0 Å². The Bertz CT molecular complexity index is 95.1. The first-order valence-corrected chi connectivity index (χ1v) is 6.94. The van der Waals surface area contributed by atoms with Crippen molar-refractivity contribution in [2.75, 3.05) is 0 Å². The Kier molecular flexibility index (Phi) is 2.54. The second-order valence-electron chi connectivity index (χ2n) is 2.65. The van der Waals surface area contributed by atoms with E-state index in [0.717, 1.165) is 0 Å². The lowest BCUT2D eigenvalue weighted by Crippen LogP contribution is -2.20. The molecule has 2 heteroatoms. The fourth-order valence-electron chi connectivity index (χ4n) is 0.250. The molecule has 0 amide bonds. The summed E-state index contributed by atoms with van der Waals surface area (Å²) in [5.41, 5.74) is 0. The molecule has 7 heavy (non-hydrogen) atoms. The van der Waals surface area contributed by atoms with Crippen molar-refractivity contribution in [3.8, 4) is 0 Å². The Morgan fingerprint density at radius 2 is 1.86 bits per heavy atom. The van der Waals surface area contributed by atoms with Crippen molar-refractivity contribution in [3.05, 3.63) is 0 Å². The fourth-order valence-corrected chi connectivity index (χ4v) is 2.25. The summed E-state index contributed by atoms with van der Waals surface area (Å²) in [6.45, 7) is 6.89. The second-order valence-corrected chi connectivity index (χ2v) is 8.66. The van der Waals surface area contributed by atoms with Crippen LogP contribution in [0.25, 0.3) is 0 Å². The van der Waals surface area contributed by atoms with Gasteiger partial charge in [-0.15, -0.1) is 0 Å². The van der Waals surface area contributed by atoms with Gasteiger partial charge < -0.3 is 0 Å². The van der Waals surface area contributed by atoms with Crippen LogP contribution < -0.4 is 0 Å². The molecule has 0 aromatic heterocycles. The molecule has 0 unspecified atom stereocenters. The number of hydrogen-bond acceptors (Lipinski definition) is 0. The zero-order chi connectivity index (χ0) is 5.91. The van der Waals surface area contributed by atoms with Crippen molar-refractivity contribution in [2.45, 2.75) is 19.6 Å². The van der Waals surface area contributed by atoms with Crippen LogP contribution >= 0.6 is 10.9 Å². The predicted molar refractivity (Wildman–Crippen MR) is 44.1 cm³/mol. The van der Waals surface area contributed by atoms with Crippen LogP contribution in [0, 0.1) is 0 Å². The topological polar surface area (TPSA) is 0 Å². The first kappa shape index (κ1) is 7.18. The zero-order valence-electron chi connectivity index (χ0n) is 5.19. The first-order valence-electron chi connectivity index (χ1n) is 2.31. The summed E-state index contributed by atoms with van der Waals surface area (Å²) in [6, 6.07) is 0. The van der Waals surface area contributed by atoms with E-state index >= 15 is 0 Å². The van der Waals surface area contributed by atoms with E-state index < -0.39 is 8.07 Å². The van der Waals surface area contributed by atoms with Gasteiger partial charge in [-0.05, 0) is 10.9 Å². The van der Waals surface area contributed by atoms with Crippen LogP contribution in [0.15, 0.2) is 0 Å². The molecule has 0 radical (unpaired) electrons. The smallest absolute Gasteiger partial charge is 0.0809 e. The van der Waals surface area contributed by atoms with Crippen LogP contribution in [0.3, 0.4) is 0 Å². The van der Waals surface area contributed by atoms with Crippen molar-refractivity contribution in [3.63, 3.8) is 0 Å². The third kappa shape index (κ3) is 6.18. The molecule has 0 aromatic rings. The molecule has 0 spiro atoms. The molecule has 0 atom stereocenters. The number of hydrogen-bond donors (Lipinski definition) is 0. The minimum absolute atomic E-state index is 0.882. The molecule has 0 saturated heterocycles. The minimum Gasteiger partial charge on any atom is -0.169 e. The second kappa shape index (κ2) is 2.48. The SMILES string of the molecule is C=S=C[Si](C)(C)C. The molecule has 0 bridgehead atoms. The largest absolute Gasteiger partial charge is 0.169 e. The molecule has 0 nitrogen and oxygen atoms in total. The van der Waals surface area contributed by atoms with Gasteiger partial charge in [0.2, 0.25) is 0 Å². The Balaban J connectivity index is 3.80. The molecular formula is C5H12SSi. The third-order valence-corrected chi connectivity index (χ3v) is 3.93. The lowest BCUT2D eigenvalue weighted by Gasteiger charge is -2.03. The number of rotatable bonds is 1. The summed E-state index contributed by atoms with van der Waals surface area (Å²) in [7, 11) is 0.714. The maximum atomic E-state index is 3.67. The molecule has 0 saturated carbocycles. The Labute approximate surface area is 50.1 Å². The van der Waals surface area contributed by atoms with Gasteiger partial charge >= 0.3 is 0 Å². The third-order valence-electron chi connectivity index (χ3n) is 0.437. The molecule has 0 fully saturated rings. The van der Waals surface area contributed by atoms with Gasteiger partial charge in [0.1, 0.15) is 0 Å². The van der Waals surface area contributed by atoms with Gasteiger partial charge in [0.15, 0.2) is 0 Å². The highest BCUT2D eigenvalue weighted by Crippen LogP contribution is 1.94. The Morgan fingerprint density at radius 3 is 1.86 bits per heavy atom. The lowest BCUT2D eigenvalue weighted by molar-refractivity contribution is 1.86. The van der Waals surface area contributed by atoms with Crippen LogP contribution in [0.2, 0.25) is 19.6 Å². The normalized spacial score (nSPS) is 10.7. The van der Waals surface area contributed by atoms with Gasteiger partial charge in [-0.2, -0.15) is 10.9 Å². The van der Waals surface area contributed by atoms with Crippen molar-refractivity contribution in [2.24, 2.45) is 0 Å². The highest BCUT2D eigenvalue weighted by atomic mass is 32.1. The molecule has 0 aromatic carbocycles. The van der Waals surface area contributed by atoms with E-state index in [1.807, 2.05) is 0 Å². The summed E-state index contributed by atoms with van der Waals surface area (Å²) in [6.07, 6.45) is 0. The Hall–Kier alpha value is 0.177. The maximum Gasteiger partial charge on any atom is 0.0809 e. The van der Waals surface area contributed by atoms with Gasteiger partial charge in [0, 0.05) is 0 Å². The molecule has 0 aliphatic carbocycles. The van der Waals surface area contributed by atoms with Crippen molar-refractivity contribution < 1.29 is 0 Å². The minimum atomic E-state index is -0.882. The molecule has 0 heterocycles. The lowest BCUT2D eigenvalue weighted by atomic mass is 11.8. The van der Waals surface area contributed by atoms with Gasteiger partial charge in [0.25, 0.3) is 0 Å². The van der Waals surface area contributed by atoms with Gasteiger partial charge in [-0.1, -0.05) is 19.6 Å². The summed E-state index contributed by atoms with van der Waals surface area (Å²) in [4.78, 5) is 2.26. The molecule has 0 aliphatic rings. The van der Waals surface area contributed by atoms with E-state index in [2.05, 4.69) is 30.5 Å². The molecule has 42 valence electrons. The average molecular weight is 132 g/mol. The van der Waals surface area contributed by atoms with Crippen LogP contribution in [0.4, 0.5) is 0 Å². The van der Waals surface area contributed by atoms with E-state index in [1.165, 1.54) is 0 Å². The molecule has 0 N–H and O–H groups in total. The van der Waals surface area contributed by atoms with Crippen molar-refractivity contribution >= 4 is 29.9 Å². The van der Waals surface area contributed by atoms with Crippen molar-refractivity contribution in [1.29, 1.82) is 0 Å². The summed E-state index contributed by atoms with van der Waals surface area (Å²) in [5, 5.41) is 0. The van der Waals surface area contributed by atoms with Gasteiger partial charge in [0.05, 0.1) is 8.07 Å². The molecule has 0 aliphatic heterocycles. The maximum absolute atomic E-state index is 3.67. The summed E-state index contributed by atoms with van der Waals surface area (Å²) in [5.74, 6) is 3.67. The molecular weight excluding hydrogens is 120 g/mol. The standard InChI is InChI=1S/C5H12SSi/c1-6-5-7(2,3)4/h5H,1H2,2-4H3. The Morgan fingerprint density at radius 1 is 1.43 bits per heavy atom. The van der Waals surface area contributed by atoms with Gasteiger partial charge in [-0.3, -0.25) is 0 Å². The average Bonchev–Trinajstić information content (AvgIpc) is 1.30. The van der Waals surface area contributed by atoms with E-state index in [1.54, 1.807) is 10.9 Å². The monoisotopic (exact) mass is 132 g/mol. The van der Waals surface area contributed by atoms with E-state index in [-0.39, 0.29) is 0 Å². The van der Waals surface area contributed by atoms with E-state index in [4.69, 9.17) is 0 Å². The fraction of sp³-hybridized carbons (Fsp3) is 0.600. The predicted octanol–water partition coefficient (Wildman–Crippen LogP) is 1.83. The van der Waals surface area contributed by atoms with Crippen LogP contribution in [-0.2, 0) is 0 Å². The highest BCUT2D eigenvalue weighted by Gasteiger charge is 2.05. The van der Waals surface area contributed by atoms with Crippen LogP contribution in [0.1, 0.15) is 0 Å². The zero-order valence-corrected chi connectivity index (χ0v) is 7.01. The quantitative estimate of drug-likeness (QED) is 0.377. The first-order chi connectivity index (χ1) is 3.06. The molecule has 0 rings (SSSR count). The highest BCUT2D eigenvalue weighted by molar-refractivity contribution is 7.97. The summed E-state index contributed by atoms with van der Waals surface area (Å²) >= 11 is 0.